The molecule has 1 saturated heterocycles. The minimum absolute atomic E-state index is 0.848. The summed E-state index contributed by atoms with van der Waals surface area (Å²) in [5, 5.41) is 3.90. The molecule has 3 unspecified atom stereocenters. The average molecular weight is 278 g/mol. The van der Waals surface area contributed by atoms with Gasteiger partial charge in [-0.25, -0.2) is 0 Å². The Labute approximate surface area is 125 Å². The van der Waals surface area contributed by atoms with Crippen LogP contribution < -0.4 is 5.32 Å². The molecule has 0 amide bonds. The van der Waals surface area contributed by atoms with Gasteiger partial charge in [-0.15, -0.1) is 0 Å². The number of nitrogens with one attached hydrogen (secondary N) is 1. The van der Waals surface area contributed by atoms with Crippen LogP contribution in [0.1, 0.15) is 64.2 Å². The van der Waals surface area contributed by atoms with Gasteiger partial charge in [0, 0.05) is 6.04 Å². The highest BCUT2D eigenvalue weighted by Gasteiger charge is 2.31. The van der Waals surface area contributed by atoms with Crippen molar-refractivity contribution in [2.24, 2.45) is 17.8 Å². The molecule has 3 atom stereocenters. The second-order valence-corrected chi connectivity index (χ2v) is 7.80. The molecule has 3 aliphatic rings. The molecule has 2 nitrogen and oxygen atoms in total. The van der Waals surface area contributed by atoms with Crippen molar-refractivity contribution in [1.29, 1.82) is 0 Å². The van der Waals surface area contributed by atoms with Crippen molar-refractivity contribution in [2.45, 2.75) is 70.3 Å². The normalized spacial score (nSPS) is 36.8. The maximum atomic E-state index is 3.90. The number of nitrogens with zero attached hydrogens (tertiary/aromatic N) is 1. The van der Waals surface area contributed by atoms with Gasteiger partial charge in [0.05, 0.1) is 0 Å². The summed E-state index contributed by atoms with van der Waals surface area (Å²) in [6, 6.07) is 0.848. The lowest BCUT2D eigenvalue weighted by molar-refractivity contribution is 0.141. The van der Waals surface area contributed by atoms with Crippen LogP contribution in [0.15, 0.2) is 0 Å². The third-order valence-corrected chi connectivity index (χ3v) is 6.36. The highest BCUT2D eigenvalue weighted by molar-refractivity contribution is 4.86. The number of piperidine rings is 1. The van der Waals surface area contributed by atoms with Crippen LogP contribution in [-0.2, 0) is 0 Å². The molecule has 116 valence electrons. The minimum atomic E-state index is 0.848. The highest BCUT2D eigenvalue weighted by Crippen LogP contribution is 2.40. The first-order chi connectivity index (χ1) is 9.81. The molecule has 0 bridgehead atoms. The Hall–Kier alpha value is -0.0800. The lowest BCUT2D eigenvalue weighted by Crippen LogP contribution is -2.40. The van der Waals surface area contributed by atoms with Gasteiger partial charge < -0.3 is 10.2 Å². The molecule has 2 saturated carbocycles. The van der Waals surface area contributed by atoms with Crippen molar-refractivity contribution in [3.8, 4) is 0 Å². The van der Waals surface area contributed by atoms with Crippen molar-refractivity contribution < 1.29 is 0 Å². The predicted molar refractivity (Wildman–Crippen MR) is 85.9 cm³/mol. The predicted octanol–water partition coefficient (Wildman–Crippen LogP) is 3.67. The monoisotopic (exact) mass is 278 g/mol. The summed E-state index contributed by atoms with van der Waals surface area (Å²) in [7, 11) is 2.26. The number of likely N-dealkylation sites (tertiary alicyclic amines) is 1. The Kier molecular flexibility index (Phi) is 5.39. The smallest absolute Gasteiger partial charge is 0.00699 e. The molecule has 0 radical (unpaired) electrons. The van der Waals surface area contributed by atoms with Crippen LogP contribution in [0.25, 0.3) is 0 Å². The van der Waals surface area contributed by atoms with Crippen LogP contribution in [0.2, 0.25) is 0 Å². The molecule has 3 fully saturated rings. The molecule has 2 aliphatic carbocycles. The molecule has 0 aromatic carbocycles. The molecule has 0 aromatic heterocycles. The van der Waals surface area contributed by atoms with Crippen molar-refractivity contribution >= 4 is 0 Å². The molecule has 1 N–H and O–H groups in total. The Morgan fingerprint density at radius 3 is 2.45 bits per heavy atom. The molecular formula is C18H34N2. The Morgan fingerprint density at radius 2 is 1.65 bits per heavy atom. The van der Waals surface area contributed by atoms with Gasteiger partial charge in [0.25, 0.3) is 0 Å². The first-order valence-corrected chi connectivity index (χ1v) is 9.23. The summed E-state index contributed by atoms with van der Waals surface area (Å²) in [5.41, 5.74) is 0. The van der Waals surface area contributed by atoms with Crippen molar-refractivity contribution in [3.05, 3.63) is 0 Å². The third kappa shape index (κ3) is 3.98. The van der Waals surface area contributed by atoms with Crippen LogP contribution >= 0.6 is 0 Å². The van der Waals surface area contributed by atoms with E-state index in [-0.39, 0.29) is 0 Å². The van der Waals surface area contributed by atoms with E-state index in [4.69, 9.17) is 0 Å². The van der Waals surface area contributed by atoms with E-state index in [0.717, 1.165) is 23.8 Å². The third-order valence-electron chi connectivity index (χ3n) is 6.36. The van der Waals surface area contributed by atoms with Crippen molar-refractivity contribution in [3.63, 3.8) is 0 Å². The van der Waals surface area contributed by atoms with Gasteiger partial charge in [-0.05, 0) is 83.0 Å². The van der Waals surface area contributed by atoms with E-state index < -0.39 is 0 Å². The van der Waals surface area contributed by atoms with Gasteiger partial charge in [-0.2, -0.15) is 0 Å². The van der Waals surface area contributed by atoms with Gasteiger partial charge in [-0.1, -0.05) is 25.7 Å². The first-order valence-electron chi connectivity index (χ1n) is 9.23. The van der Waals surface area contributed by atoms with E-state index in [1.165, 1.54) is 83.8 Å². The Balaban J connectivity index is 1.32. The molecular weight excluding hydrogens is 244 g/mol. The minimum Gasteiger partial charge on any atom is -0.314 e. The fraction of sp³-hybridized carbons (Fsp3) is 1.00. The molecule has 20 heavy (non-hydrogen) atoms. The van der Waals surface area contributed by atoms with Crippen LogP contribution in [0.5, 0.6) is 0 Å². The van der Waals surface area contributed by atoms with Gasteiger partial charge >= 0.3 is 0 Å². The summed E-state index contributed by atoms with van der Waals surface area (Å²) in [5.74, 6) is 3.15. The molecule has 0 spiro atoms. The summed E-state index contributed by atoms with van der Waals surface area (Å²) in [6.45, 7) is 3.91. The number of fused-ring (bicyclic) bond motifs is 1. The largest absolute Gasteiger partial charge is 0.314 e. The molecule has 0 aromatic rings. The van der Waals surface area contributed by atoms with E-state index in [0.29, 0.717) is 0 Å². The van der Waals surface area contributed by atoms with Crippen LogP contribution in [0.4, 0.5) is 0 Å². The second kappa shape index (κ2) is 7.26. The van der Waals surface area contributed by atoms with Gasteiger partial charge in [0.2, 0.25) is 0 Å². The number of hydrogen-bond donors (Lipinski definition) is 1. The number of hydrogen-bond acceptors (Lipinski definition) is 2. The number of rotatable bonds is 4. The topological polar surface area (TPSA) is 15.3 Å². The molecule has 3 rings (SSSR count). The van der Waals surface area contributed by atoms with E-state index in [9.17, 15) is 0 Å². The standard InChI is InChI=1S/C18H34N2/c1-20-12-9-15(10-13-20)8-11-19-18-7-6-16-4-2-3-5-17(16)14-18/h15-19H,2-14H2,1H3. The second-order valence-electron chi connectivity index (χ2n) is 7.80. The van der Waals surface area contributed by atoms with Gasteiger partial charge in [-0.3, -0.25) is 0 Å². The fourth-order valence-electron chi connectivity index (χ4n) is 4.90. The van der Waals surface area contributed by atoms with E-state index >= 15 is 0 Å². The quantitative estimate of drug-likeness (QED) is 0.844. The lowest BCUT2D eigenvalue weighted by atomic mass is 9.69. The van der Waals surface area contributed by atoms with E-state index in [1.807, 2.05) is 0 Å². The van der Waals surface area contributed by atoms with E-state index in [2.05, 4.69) is 17.3 Å². The lowest BCUT2D eigenvalue weighted by Gasteiger charge is -2.40. The molecule has 1 heterocycles. The zero-order valence-electron chi connectivity index (χ0n) is 13.4. The van der Waals surface area contributed by atoms with Gasteiger partial charge in [0.15, 0.2) is 0 Å². The van der Waals surface area contributed by atoms with Gasteiger partial charge in [0.1, 0.15) is 0 Å². The average Bonchev–Trinajstić information content (AvgIpc) is 2.49. The van der Waals surface area contributed by atoms with Crippen LogP contribution in [0, 0.1) is 17.8 Å². The van der Waals surface area contributed by atoms with E-state index in [1.54, 1.807) is 0 Å². The zero-order valence-corrected chi connectivity index (χ0v) is 13.4. The Bertz CT molecular complexity index is 283. The summed E-state index contributed by atoms with van der Waals surface area (Å²) >= 11 is 0. The van der Waals surface area contributed by atoms with Crippen molar-refractivity contribution in [1.82, 2.24) is 10.2 Å². The fourth-order valence-corrected chi connectivity index (χ4v) is 4.90. The summed E-state index contributed by atoms with van der Waals surface area (Å²) in [6.07, 6.45) is 14.8. The summed E-state index contributed by atoms with van der Waals surface area (Å²) in [4.78, 5) is 2.48. The summed E-state index contributed by atoms with van der Waals surface area (Å²) < 4.78 is 0. The maximum Gasteiger partial charge on any atom is 0.00699 e. The highest BCUT2D eigenvalue weighted by atomic mass is 15.1. The van der Waals surface area contributed by atoms with Crippen LogP contribution in [0.3, 0.4) is 0 Å². The SMILES string of the molecule is CN1CCC(CCNC2CCC3CCCCC3C2)CC1. The molecule has 1 aliphatic heterocycles. The first kappa shape index (κ1) is 14.8. The van der Waals surface area contributed by atoms with Crippen molar-refractivity contribution in [2.75, 3.05) is 26.7 Å². The Morgan fingerprint density at radius 1 is 0.900 bits per heavy atom. The van der Waals surface area contributed by atoms with Crippen LogP contribution in [-0.4, -0.2) is 37.6 Å². The molecule has 2 heteroatoms. The zero-order chi connectivity index (χ0) is 13.8. The maximum absolute atomic E-state index is 3.90.